The first-order valence-corrected chi connectivity index (χ1v) is 9.32. The van der Waals surface area contributed by atoms with Gasteiger partial charge >= 0.3 is 0 Å². The van der Waals surface area contributed by atoms with E-state index < -0.39 is 0 Å². The summed E-state index contributed by atoms with van der Waals surface area (Å²) in [5, 5.41) is 11.9. The van der Waals surface area contributed by atoms with E-state index >= 15 is 0 Å². The van der Waals surface area contributed by atoms with Gasteiger partial charge in [0.25, 0.3) is 0 Å². The molecule has 0 unspecified atom stereocenters. The number of carbonyl (C=O) groups excluding carboxylic acids is 1. The predicted octanol–water partition coefficient (Wildman–Crippen LogP) is 3.58. The topological polar surface area (TPSA) is 64.7 Å². The van der Waals surface area contributed by atoms with Crippen molar-refractivity contribution in [3.63, 3.8) is 0 Å². The summed E-state index contributed by atoms with van der Waals surface area (Å²) in [6.45, 7) is 9.80. The Morgan fingerprint density at radius 3 is 2.56 bits per heavy atom. The van der Waals surface area contributed by atoms with Crippen molar-refractivity contribution in [1.82, 2.24) is 19.6 Å². The normalized spacial score (nSPS) is 11.1. The summed E-state index contributed by atoms with van der Waals surface area (Å²) in [5.41, 5.74) is 4.12. The van der Waals surface area contributed by atoms with E-state index in [9.17, 15) is 4.79 Å². The first-order valence-electron chi connectivity index (χ1n) is 9.32. The lowest BCUT2D eigenvalue weighted by atomic mass is 10.1. The Labute approximate surface area is 160 Å². The Bertz CT molecular complexity index is 908. The molecular weight excluding hydrogens is 338 g/mol. The van der Waals surface area contributed by atoms with Gasteiger partial charge in [-0.3, -0.25) is 9.48 Å². The number of nitrogens with zero attached hydrogens (tertiary/aromatic N) is 4. The molecule has 0 atom stereocenters. The van der Waals surface area contributed by atoms with Crippen LogP contribution >= 0.6 is 0 Å². The highest BCUT2D eigenvalue weighted by molar-refractivity contribution is 5.91. The zero-order chi connectivity index (χ0) is 19.4. The van der Waals surface area contributed by atoms with Gasteiger partial charge in [0.15, 0.2) is 0 Å². The lowest BCUT2D eigenvalue weighted by molar-refractivity contribution is -0.115. The fourth-order valence-corrected chi connectivity index (χ4v) is 3.18. The Balaban J connectivity index is 1.69. The van der Waals surface area contributed by atoms with Crippen LogP contribution in [0.15, 0.2) is 42.6 Å². The highest BCUT2D eigenvalue weighted by Gasteiger charge is 2.16. The quantitative estimate of drug-likeness (QED) is 0.696. The number of rotatable bonds is 7. The maximum absolute atomic E-state index is 12.6. The Hall–Kier alpha value is -2.89. The van der Waals surface area contributed by atoms with Crippen LogP contribution in [0.25, 0.3) is 0 Å². The van der Waals surface area contributed by atoms with Gasteiger partial charge in [-0.15, -0.1) is 0 Å². The van der Waals surface area contributed by atoms with E-state index in [1.54, 1.807) is 10.9 Å². The molecule has 0 aliphatic rings. The van der Waals surface area contributed by atoms with E-state index in [1.165, 1.54) is 0 Å². The third-order valence-corrected chi connectivity index (χ3v) is 4.57. The summed E-state index contributed by atoms with van der Waals surface area (Å²) in [4.78, 5) is 12.6. The molecule has 1 aromatic carbocycles. The molecule has 0 saturated heterocycles. The van der Waals surface area contributed by atoms with Crippen LogP contribution in [0.5, 0.6) is 0 Å². The molecule has 0 bridgehead atoms. The first-order chi connectivity index (χ1) is 12.9. The molecular formula is C21H27N5O. The lowest BCUT2D eigenvalue weighted by Gasteiger charge is -2.10. The van der Waals surface area contributed by atoms with Crippen LogP contribution in [0.2, 0.25) is 0 Å². The smallest absolute Gasteiger partial charge is 0.230 e. The van der Waals surface area contributed by atoms with Crippen LogP contribution in [0, 0.1) is 19.8 Å². The van der Waals surface area contributed by atoms with Crippen molar-refractivity contribution in [2.75, 3.05) is 5.32 Å². The molecule has 2 aromatic heterocycles. The van der Waals surface area contributed by atoms with Gasteiger partial charge in [0.1, 0.15) is 5.82 Å². The van der Waals surface area contributed by atoms with Crippen LogP contribution in [-0.2, 0) is 24.3 Å². The minimum atomic E-state index is -0.0555. The molecule has 0 spiro atoms. The summed E-state index contributed by atoms with van der Waals surface area (Å²) in [7, 11) is 0. The van der Waals surface area contributed by atoms with E-state index in [1.807, 2.05) is 54.9 Å². The van der Waals surface area contributed by atoms with Gasteiger partial charge in [0.2, 0.25) is 5.91 Å². The second kappa shape index (κ2) is 8.20. The molecule has 0 aliphatic heterocycles. The van der Waals surface area contributed by atoms with Gasteiger partial charge in [-0.25, -0.2) is 4.68 Å². The number of anilines is 1. The Morgan fingerprint density at radius 2 is 1.85 bits per heavy atom. The van der Waals surface area contributed by atoms with Gasteiger partial charge in [0.05, 0.1) is 24.9 Å². The fourth-order valence-electron chi connectivity index (χ4n) is 3.18. The third kappa shape index (κ3) is 4.64. The molecule has 6 heteroatoms. The summed E-state index contributed by atoms with van der Waals surface area (Å²) >= 11 is 0. The standard InChI is InChI=1S/C21H27N5O/c1-15(2)13-25-17(4)19(16(3)24-25)12-21(27)23-20-10-11-22-26(20)14-18-8-6-5-7-9-18/h5-11,15H,12-14H2,1-4H3,(H,23,27). The number of carbonyl (C=O) groups is 1. The second-order valence-electron chi connectivity index (χ2n) is 7.31. The summed E-state index contributed by atoms with van der Waals surface area (Å²) in [6.07, 6.45) is 2.02. The fraction of sp³-hybridized carbons (Fsp3) is 0.381. The molecule has 1 amide bonds. The maximum Gasteiger partial charge on any atom is 0.230 e. The van der Waals surface area contributed by atoms with Crippen LogP contribution in [-0.4, -0.2) is 25.5 Å². The molecule has 3 rings (SSSR count). The monoisotopic (exact) mass is 365 g/mol. The van der Waals surface area contributed by atoms with E-state index in [0.29, 0.717) is 24.7 Å². The van der Waals surface area contributed by atoms with Crippen molar-refractivity contribution in [2.45, 2.75) is 47.2 Å². The van der Waals surface area contributed by atoms with E-state index in [-0.39, 0.29) is 5.91 Å². The van der Waals surface area contributed by atoms with Crippen molar-refractivity contribution in [3.05, 3.63) is 65.1 Å². The van der Waals surface area contributed by atoms with Crippen LogP contribution in [0.3, 0.4) is 0 Å². The highest BCUT2D eigenvalue weighted by Crippen LogP contribution is 2.17. The van der Waals surface area contributed by atoms with Crippen molar-refractivity contribution < 1.29 is 4.79 Å². The van der Waals surface area contributed by atoms with E-state index in [0.717, 1.165) is 29.1 Å². The molecule has 0 saturated carbocycles. The number of benzene rings is 1. The summed E-state index contributed by atoms with van der Waals surface area (Å²) in [6, 6.07) is 11.9. The second-order valence-corrected chi connectivity index (χ2v) is 7.31. The third-order valence-electron chi connectivity index (χ3n) is 4.57. The van der Waals surface area contributed by atoms with Gasteiger partial charge in [-0.2, -0.15) is 10.2 Å². The van der Waals surface area contributed by atoms with Gasteiger partial charge in [-0.05, 0) is 25.3 Å². The molecule has 0 fully saturated rings. The number of hydrogen-bond donors (Lipinski definition) is 1. The maximum atomic E-state index is 12.6. The minimum Gasteiger partial charge on any atom is -0.311 e. The first kappa shape index (κ1) is 18.9. The zero-order valence-electron chi connectivity index (χ0n) is 16.4. The molecule has 6 nitrogen and oxygen atoms in total. The van der Waals surface area contributed by atoms with Gasteiger partial charge in [0, 0.05) is 23.9 Å². The van der Waals surface area contributed by atoms with Crippen LogP contribution in [0.4, 0.5) is 5.82 Å². The van der Waals surface area contributed by atoms with Crippen LogP contribution < -0.4 is 5.32 Å². The van der Waals surface area contributed by atoms with Crippen molar-refractivity contribution >= 4 is 11.7 Å². The average molecular weight is 365 g/mol. The van der Waals surface area contributed by atoms with Crippen molar-refractivity contribution in [3.8, 4) is 0 Å². The minimum absolute atomic E-state index is 0.0555. The Kier molecular flexibility index (Phi) is 5.74. The van der Waals surface area contributed by atoms with E-state index in [4.69, 9.17) is 0 Å². The molecule has 0 radical (unpaired) electrons. The predicted molar refractivity (Wildman–Crippen MR) is 107 cm³/mol. The molecule has 142 valence electrons. The largest absolute Gasteiger partial charge is 0.311 e. The summed E-state index contributed by atoms with van der Waals surface area (Å²) < 4.78 is 3.80. The van der Waals surface area contributed by atoms with E-state index in [2.05, 4.69) is 29.4 Å². The molecule has 1 N–H and O–H groups in total. The molecule has 3 aromatic rings. The number of aromatic nitrogens is 4. The SMILES string of the molecule is Cc1nn(CC(C)C)c(C)c1CC(=O)Nc1ccnn1Cc1ccccc1. The Morgan fingerprint density at radius 1 is 1.11 bits per heavy atom. The molecule has 2 heterocycles. The zero-order valence-corrected chi connectivity index (χ0v) is 16.4. The van der Waals surface area contributed by atoms with Crippen molar-refractivity contribution in [1.29, 1.82) is 0 Å². The lowest BCUT2D eigenvalue weighted by Crippen LogP contribution is -2.18. The van der Waals surface area contributed by atoms with Gasteiger partial charge < -0.3 is 5.32 Å². The number of aryl methyl sites for hydroxylation is 1. The van der Waals surface area contributed by atoms with Crippen molar-refractivity contribution in [2.24, 2.45) is 5.92 Å². The number of hydrogen-bond acceptors (Lipinski definition) is 3. The highest BCUT2D eigenvalue weighted by atomic mass is 16.1. The summed E-state index contributed by atoms with van der Waals surface area (Å²) in [5.74, 6) is 1.16. The number of nitrogens with one attached hydrogen (secondary N) is 1. The molecule has 27 heavy (non-hydrogen) atoms. The van der Waals surface area contributed by atoms with Gasteiger partial charge in [-0.1, -0.05) is 44.2 Å². The van der Waals surface area contributed by atoms with Crippen LogP contribution in [0.1, 0.15) is 36.4 Å². The average Bonchev–Trinajstić information content (AvgIpc) is 3.15. The molecule has 0 aliphatic carbocycles. The number of amides is 1.